The van der Waals surface area contributed by atoms with Crippen molar-refractivity contribution < 1.29 is 0 Å². The number of halogens is 1. The molecule has 28 heavy (non-hydrogen) atoms. The zero-order valence-electron chi connectivity index (χ0n) is 14.7. The van der Waals surface area contributed by atoms with E-state index < -0.39 is 0 Å². The van der Waals surface area contributed by atoms with E-state index in [4.69, 9.17) is 16.6 Å². The van der Waals surface area contributed by atoms with E-state index in [-0.39, 0.29) is 0 Å². The van der Waals surface area contributed by atoms with Crippen LogP contribution in [-0.2, 0) is 6.54 Å². The van der Waals surface area contributed by atoms with Crippen LogP contribution in [0, 0.1) is 0 Å². The van der Waals surface area contributed by atoms with Crippen molar-refractivity contribution in [3.05, 3.63) is 84.0 Å². The summed E-state index contributed by atoms with van der Waals surface area (Å²) in [4.78, 5) is 18.2. The first-order valence-corrected chi connectivity index (χ1v) is 9.18. The van der Waals surface area contributed by atoms with Crippen LogP contribution in [-0.4, -0.2) is 24.3 Å². The maximum absolute atomic E-state index is 6.06. The molecule has 5 aromatic rings. The summed E-state index contributed by atoms with van der Waals surface area (Å²) in [5.41, 5.74) is 3.50. The number of benzene rings is 1. The Kier molecular flexibility index (Phi) is 4.10. The van der Waals surface area contributed by atoms with Gasteiger partial charge in [-0.05, 0) is 36.4 Å². The summed E-state index contributed by atoms with van der Waals surface area (Å²) in [5.74, 6) is 1.40. The zero-order chi connectivity index (χ0) is 18.9. The van der Waals surface area contributed by atoms with Crippen LogP contribution < -0.4 is 5.32 Å². The molecule has 0 bridgehead atoms. The van der Waals surface area contributed by atoms with Gasteiger partial charge >= 0.3 is 0 Å². The maximum Gasteiger partial charge on any atom is 0.163 e. The molecule has 0 spiro atoms. The minimum atomic E-state index is 0.535. The third kappa shape index (κ3) is 3.14. The summed E-state index contributed by atoms with van der Waals surface area (Å²) in [5, 5.41) is 5.04. The molecule has 4 heterocycles. The third-order valence-electron chi connectivity index (χ3n) is 4.42. The lowest BCUT2D eigenvalue weighted by Crippen LogP contribution is -2.04. The smallest absolute Gasteiger partial charge is 0.163 e. The van der Waals surface area contributed by atoms with Crippen LogP contribution in [0.15, 0.2) is 73.3 Å². The highest BCUT2D eigenvalue weighted by molar-refractivity contribution is 6.30. The van der Waals surface area contributed by atoms with E-state index in [1.807, 2.05) is 65.3 Å². The summed E-state index contributed by atoms with van der Waals surface area (Å²) >= 11 is 6.06. The molecule has 0 saturated heterocycles. The number of nitrogens with zero attached hydrogens (tertiary/aromatic N) is 5. The average Bonchev–Trinajstić information content (AvgIpc) is 3.14. The zero-order valence-corrected chi connectivity index (χ0v) is 15.5. The number of nitrogens with one attached hydrogen (secondary N) is 1. The Hall–Kier alpha value is -3.51. The van der Waals surface area contributed by atoms with Crippen LogP contribution in [0.25, 0.3) is 27.9 Å². The minimum Gasteiger partial charge on any atom is -0.364 e. The first kappa shape index (κ1) is 16.6. The fourth-order valence-corrected chi connectivity index (χ4v) is 3.28. The Labute approximate surface area is 165 Å². The molecule has 5 rings (SSSR count). The van der Waals surface area contributed by atoms with Crippen LogP contribution >= 0.6 is 11.6 Å². The van der Waals surface area contributed by atoms with Crippen molar-refractivity contribution in [1.29, 1.82) is 0 Å². The second-order valence-corrected chi connectivity index (χ2v) is 6.79. The summed E-state index contributed by atoms with van der Waals surface area (Å²) in [7, 11) is 0. The van der Waals surface area contributed by atoms with E-state index in [0.29, 0.717) is 17.4 Å². The summed E-state index contributed by atoms with van der Waals surface area (Å²) in [6, 6.07) is 15.5. The highest BCUT2D eigenvalue weighted by Gasteiger charge is 2.10. The molecule has 0 saturated carbocycles. The monoisotopic (exact) mass is 386 g/mol. The third-order valence-corrected chi connectivity index (χ3v) is 4.65. The molecule has 136 valence electrons. The van der Waals surface area contributed by atoms with Gasteiger partial charge in [0.1, 0.15) is 11.5 Å². The number of anilines is 1. The molecule has 0 aliphatic heterocycles. The largest absolute Gasteiger partial charge is 0.364 e. The normalized spacial score (nSPS) is 11.2. The lowest BCUT2D eigenvalue weighted by Gasteiger charge is -2.10. The van der Waals surface area contributed by atoms with E-state index in [2.05, 4.69) is 20.3 Å². The van der Waals surface area contributed by atoms with E-state index in [1.165, 1.54) is 0 Å². The van der Waals surface area contributed by atoms with Crippen molar-refractivity contribution >= 4 is 34.0 Å². The summed E-state index contributed by atoms with van der Waals surface area (Å²) in [6.45, 7) is 0.535. The molecule has 0 aliphatic carbocycles. The Morgan fingerprint density at radius 1 is 0.929 bits per heavy atom. The van der Waals surface area contributed by atoms with Gasteiger partial charge < -0.3 is 9.72 Å². The van der Waals surface area contributed by atoms with Crippen LogP contribution in [0.3, 0.4) is 0 Å². The minimum absolute atomic E-state index is 0.535. The number of hydrogen-bond acceptors (Lipinski definition) is 5. The number of fused-ring (bicyclic) bond motifs is 2. The second kappa shape index (κ2) is 6.90. The SMILES string of the molecule is Clc1ccc2nc(CNc3nc(-c4cccnc4)nc4ccccc34)cn2c1. The molecule has 0 radical (unpaired) electrons. The van der Waals surface area contributed by atoms with Crippen molar-refractivity contribution in [2.45, 2.75) is 6.54 Å². The Bertz CT molecular complexity index is 1280. The fraction of sp³-hybridized carbons (Fsp3) is 0.0476. The van der Waals surface area contributed by atoms with Gasteiger partial charge in [0.2, 0.25) is 0 Å². The molecule has 0 fully saturated rings. The van der Waals surface area contributed by atoms with Gasteiger partial charge in [0.05, 0.1) is 22.8 Å². The van der Waals surface area contributed by atoms with Crippen LogP contribution in [0.5, 0.6) is 0 Å². The highest BCUT2D eigenvalue weighted by atomic mass is 35.5. The molecule has 0 aliphatic rings. The van der Waals surface area contributed by atoms with Gasteiger partial charge in [0, 0.05) is 35.7 Å². The second-order valence-electron chi connectivity index (χ2n) is 6.35. The van der Waals surface area contributed by atoms with Crippen molar-refractivity contribution in [3.8, 4) is 11.4 Å². The number of imidazole rings is 1. The van der Waals surface area contributed by atoms with E-state index in [1.54, 1.807) is 12.4 Å². The Morgan fingerprint density at radius 3 is 2.75 bits per heavy atom. The molecule has 6 nitrogen and oxygen atoms in total. The van der Waals surface area contributed by atoms with Gasteiger partial charge in [0.15, 0.2) is 5.82 Å². The van der Waals surface area contributed by atoms with Crippen molar-refractivity contribution in [2.24, 2.45) is 0 Å². The fourth-order valence-electron chi connectivity index (χ4n) is 3.11. The number of aromatic nitrogens is 5. The van der Waals surface area contributed by atoms with Gasteiger partial charge in [0.25, 0.3) is 0 Å². The van der Waals surface area contributed by atoms with Gasteiger partial charge in [-0.15, -0.1) is 0 Å². The molecule has 1 N–H and O–H groups in total. The van der Waals surface area contributed by atoms with Crippen LogP contribution in [0.1, 0.15) is 5.69 Å². The van der Waals surface area contributed by atoms with Gasteiger partial charge in [-0.1, -0.05) is 23.7 Å². The summed E-state index contributed by atoms with van der Waals surface area (Å²) < 4.78 is 1.92. The topological polar surface area (TPSA) is 68.0 Å². The lowest BCUT2D eigenvalue weighted by molar-refractivity contribution is 1.06. The molecule has 0 atom stereocenters. The quantitative estimate of drug-likeness (QED) is 0.488. The van der Waals surface area contributed by atoms with Crippen LogP contribution in [0.4, 0.5) is 5.82 Å². The maximum atomic E-state index is 6.06. The van der Waals surface area contributed by atoms with Crippen LogP contribution in [0.2, 0.25) is 5.02 Å². The summed E-state index contributed by atoms with van der Waals surface area (Å²) in [6.07, 6.45) is 7.30. The standard InChI is InChI=1S/C21H15ClN6/c22-15-7-8-19-25-16(13-28(19)12-15)11-24-21-17-5-1-2-6-18(17)26-20(27-21)14-4-3-9-23-10-14/h1-10,12-13H,11H2,(H,24,26,27). The first-order chi connectivity index (χ1) is 13.8. The first-order valence-electron chi connectivity index (χ1n) is 8.80. The molecule has 4 aromatic heterocycles. The molecular formula is C21H15ClN6. The predicted octanol–water partition coefficient (Wildman–Crippen LogP) is 4.61. The average molecular weight is 387 g/mol. The highest BCUT2D eigenvalue weighted by Crippen LogP contribution is 2.25. The van der Waals surface area contributed by atoms with E-state index >= 15 is 0 Å². The molecular weight excluding hydrogens is 372 g/mol. The van der Waals surface area contributed by atoms with E-state index in [9.17, 15) is 0 Å². The predicted molar refractivity (Wildman–Crippen MR) is 110 cm³/mol. The lowest BCUT2D eigenvalue weighted by atomic mass is 10.2. The van der Waals surface area contributed by atoms with E-state index in [0.717, 1.165) is 33.6 Å². The van der Waals surface area contributed by atoms with Crippen molar-refractivity contribution in [1.82, 2.24) is 24.3 Å². The van der Waals surface area contributed by atoms with Crippen molar-refractivity contribution in [2.75, 3.05) is 5.32 Å². The van der Waals surface area contributed by atoms with Gasteiger partial charge in [-0.25, -0.2) is 15.0 Å². The Morgan fingerprint density at radius 2 is 1.86 bits per heavy atom. The molecule has 7 heteroatoms. The molecule has 0 unspecified atom stereocenters. The van der Waals surface area contributed by atoms with Crippen molar-refractivity contribution in [3.63, 3.8) is 0 Å². The number of para-hydroxylation sites is 1. The van der Waals surface area contributed by atoms with Gasteiger partial charge in [-0.2, -0.15) is 0 Å². The number of hydrogen-bond donors (Lipinski definition) is 1. The number of pyridine rings is 2. The molecule has 1 aromatic carbocycles. The van der Waals surface area contributed by atoms with Gasteiger partial charge in [-0.3, -0.25) is 4.98 Å². The number of rotatable bonds is 4. The molecule has 0 amide bonds. The Balaban J connectivity index is 1.51.